The van der Waals surface area contributed by atoms with E-state index >= 15 is 0 Å². The van der Waals surface area contributed by atoms with Gasteiger partial charge in [0.1, 0.15) is 11.3 Å². The van der Waals surface area contributed by atoms with E-state index in [-0.39, 0.29) is 0 Å². The van der Waals surface area contributed by atoms with Crippen molar-refractivity contribution in [2.45, 2.75) is 19.8 Å². The molecule has 0 bridgehead atoms. The zero-order chi connectivity index (χ0) is 25.9. The van der Waals surface area contributed by atoms with Crippen LogP contribution in [0.2, 0.25) is 0 Å². The van der Waals surface area contributed by atoms with Gasteiger partial charge in [0.25, 0.3) is 0 Å². The van der Waals surface area contributed by atoms with Crippen LogP contribution >= 0.6 is 0 Å². The highest BCUT2D eigenvalue weighted by Crippen LogP contribution is 2.44. The molecule has 6 rings (SSSR count). The first-order valence-electron chi connectivity index (χ1n) is 13.2. The third-order valence-corrected chi connectivity index (χ3v) is 6.99. The first-order valence-corrected chi connectivity index (χ1v) is 13.2. The third-order valence-electron chi connectivity index (χ3n) is 6.99. The molecule has 184 valence electrons. The summed E-state index contributed by atoms with van der Waals surface area (Å²) in [6.07, 6.45) is 6.39. The minimum atomic E-state index is 0.830. The van der Waals surface area contributed by atoms with Crippen molar-refractivity contribution in [1.82, 2.24) is 4.98 Å². The fourth-order valence-electron chi connectivity index (χ4n) is 5.21. The molecule has 0 aliphatic carbocycles. The standard InChI is InChI=1S/C36H29NO/c1-3-5-16-25-17-12-13-22-29(25)28(4-2)32-33-34(26-18-8-6-9-19-26)37-31-24-15-14-23-30(31)36(33)38-35(32)27-20-10-7-11-21-27/h4,6-24H,2-3,5H2,1H3/b25-16+,29-28+. The predicted molar refractivity (Wildman–Crippen MR) is 160 cm³/mol. The fourth-order valence-corrected chi connectivity index (χ4v) is 5.21. The molecule has 0 spiro atoms. The summed E-state index contributed by atoms with van der Waals surface area (Å²) in [5.41, 5.74) is 6.81. The van der Waals surface area contributed by atoms with Crippen LogP contribution in [-0.2, 0) is 0 Å². The van der Waals surface area contributed by atoms with Gasteiger partial charge in [-0.3, -0.25) is 0 Å². The van der Waals surface area contributed by atoms with Crippen molar-refractivity contribution >= 4 is 33.5 Å². The van der Waals surface area contributed by atoms with E-state index in [1.807, 2.05) is 30.3 Å². The summed E-state index contributed by atoms with van der Waals surface area (Å²) >= 11 is 0. The van der Waals surface area contributed by atoms with Gasteiger partial charge in [-0.05, 0) is 34.6 Å². The van der Waals surface area contributed by atoms with E-state index < -0.39 is 0 Å². The molecule has 0 aliphatic heterocycles. The molecule has 0 radical (unpaired) electrons. The molecular formula is C36H29NO. The van der Waals surface area contributed by atoms with Crippen LogP contribution in [0.4, 0.5) is 0 Å². The highest BCUT2D eigenvalue weighted by Gasteiger charge is 2.24. The summed E-state index contributed by atoms with van der Waals surface area (Å²) < 4.78 is 6.87. The lowest BCUT2D eigenvalue weighted by Crippen LogP contribution is -2.26. The van der Waals surface area contributed by atoms with E-state index in [0.717, 1.165) is 73.7 Å². The van der Waals surface area contributed by atoms with Crippen LogP contribution in [0, 0.1) is 0 Å². The summed E-state index contributed by atoms with van der Waals surface area (Å²) in [7, 11) is 0. The number of hydrogen-bond acceptors (Lipinski definition) is 2. The Morgan fingerprint density at radius 2 is 1.45 bits per heavy atom. The number of aromatic nitrogens is 1. The van der Waals surface area contributed by atoms with Crippen LogP contribution in [0.5, 0.6) is 0 Å². The monoisotopic (exact) mass is 491 g/mol. The number of allylic oxidation sites excluding steroid dienone is 1. The van der Waals surface area contributed by atoms with Crippen molar-refractivity contribution < 1.29 is 4.42 Å². The molecule has 38 heavy (non-hydrogen) atoms. The largest absolute Gasteiger partial charge is 0.455 e. The van der Waals surface area contributed by atoms with Gasteiger partial charge >= 0.3 is 0 Å². The molecule has 0 amide bonds. The van der Waals surface area contributed by atoms with E-state index in [2.05, 4.69) is 105 Å². The molecule has 0 N–H and O–H groups in total. The van der Waals surface area contributed by atoms with Crippen LogP contribution in [-0.4, -0.2) is 4.98 Å². The van der Waals surface area contributed by atoms with Crippen LogP contribution < -0.4 is 10.4 Å². The molecule has 2 aromatic heterocycles. The van der Waals surface area contributed by atoms with Crippen molar-refractivity contribution in [2.24, 2.45) is 0 Å². The number of furan rings is 1. The number of unbranched alkanes of at least 4 members (excludes halogenated alkanes) is 1. The Morgan fingerprint density at radius 1 is 0.789 bits per heavy atom. The summed E-state index contributed by atoms with van der Waals surface area (Å²) in [4.78, 5) is 5.21. The molecule has 2 heteroatoms. The number of fused-ring (bicyclic) bond motifs is 3. The Bertz CT molecular complexity index is 1880. The van der Waals surface area contributed by atoms with Crippen molar-refractivity contribution in [1.29, 1.82) is 0 Å². The molecule has 4 aromatic carbocycles. The second-order valence-corrected chi connectivity index (χ2v) is 9.42. The van der Waals surface area contributed by atoms with Gasteiger partial charge in [0, 0.05) is 22.1 Å². The predicted octanol–water partition coefficient (Wildman–Crippen LogP) is 8.28. The molecule has 2 heterocycles. The first kappa shape index (κ1) is 23.7. The summed E-state index contributed by atoms with van der Waals surface area (Å²) in [5.74, 6) is 0.830. The smallest absolute Gasteiger partial charge is 0.147 e. The van der Waals surface area contributed by atoms with E-state index in [9.17, 15) is 0 Å². The second-order valence-electron chi connectivity index (χ2n) is 9.42. The Morgan fingerprint density at radius 3 is 2.18 bits per heavy atom. The molecule has 0 saturated carbocycles. The lowest BCUT2D eigenvalue weighted by atomic mass is 9.93. The highest BCUT2D eigenvalue weighted by molar-refractivity contribution is 6.15. The summed E-state index contributed by atoms with van der Waals surface area (Å²) in [5, 5.41) is 4.35. The Labute approximate surface area is 222 Å². The van der Waals surface area contributed by atoms with E-state index in [1.165, 1.54) is 5.22 Å². The Hall–Kier alpha value is -4.69. The lowest BCUT2D eigenvalue weighted by Gasteiger charge is -2.10. The van der Waals surface area contributed by atoms with Gasteiger partial charge in [0.2, 0.25) is 0 Å². The maximum absolute atomic E-state index is 6.87. The van der Waals surface area contributed by atoms with Crippen molar-refractivity contribution in [3.8, 4) is 22.6 Å². The molecule has 2 nitrogen and oxygen atoms in total. The number of pyridine rings is 1. The van der Waals surface area contributed by atoms with Gasteiger partial charge in [-0.15, -0.1) is 0 Å². The zero-order valence-corrected chi connectivity index (χ0v) is 21.5. The number of hydrogen-bond donors (Lipinski definition) is 0. The van der Waals surface area contributed by atoms with Gasteiger partial charge in [-0.1, -0.05) is 129 Å². The molecule has 0 aliphatic rings. The minimum Gasteiger partial charge on any atom is -0.455 e. The molecule has 0 saturated heterocycles. The second kappa shape index (κ2) is 10.4. The SMILES string of the molecule is C=C/C(c1c(-c2ccccc2)oc2c1c(-c1ccccc1)nc1ccccc12)=c1/cccc/c1=C\CCC. The maximum Gasteiger partial charge on any atom is 0.147 e. The van der Waals surface area contributed by atoms with Crippen LogP contribution in [0.3, 0.4) is 0 Å². The first-order chi connectivity index (χ1) is 18.8. The number of para-hydroxylation sites is 1. The maximum atomic E-state index is 6.87. The molecule has 0 atom stereocenters. The average Bonchev–Trinajstić information content (AvgIpc) is 3.38. The number of benzene rings is 4. The number of nitrogens with zero attached hydrogens (tertiary/aromatic N) is 1. The van der Waals surface area contributed by atoms with Gasteiger partial charge < -0.3 is 4.42 Å². The van der Waals surface area contributed by atoms with Gasteiger partial charge in [0.05, 0.1) is 16.6 Å². The minimum absolute atomic E-state index is 0.830. The Balaban J connectivity index is 1.87. The van der Waals surface area contributed by atoms with Gasteiger partial charge in [0.15, 0.2) is 0 Å². The Kier molecular flexibility index (Phi) is 6.46. The van der Waals surface area contributed by atoms with E-state index in [0.29, 0.717) is 0 Å². The van der Waals surface area contributed by atoms with Gasteiger partial charge in [-0.2, -0.15) is 0 Å². The number of rotatable bonds is 6. The van der Waals surface area contributed by atoms with Crippen LogP contribution in [0.25, 0.3) is 56.1 Å². The third kappa shape index (κ3) is 4.14. The molecule has 0 unspecified atom stereocenters. The quantitative estimate of drug-likeness (QED) is 0.234. The lowest BCUT2D eigenvalue weighted by molar-refractivity contribution is 0.634. The molecule has 6 aromatic rings. The van der Waals surface area contributed by atoms with E-state index in [1.54, 1.807) is 0 Å². The summed E-state index contributed by atoms with van der Waals surface area (Å²) in [6, 6.07) is 37.5. The normalized spacial score (nSPS) is 12.7. The topological polar surface area (TPSA) is 26.0 Å². The van der Waals surface area contributed by atoms with Crippen molar-refractivity contribution in [2.75, 3.05) is 0 Å². The van der Waals surface area contributed by atoms with Crippen molar-refractivity contribution in [3.05, 3.63) is 138 Å². The van der Waals surface area contributed by atoms with Crippen LogP contribution in [0.15, 0.2) is 126 Å². The van der Waals surface area contributed by atoms with Crippen LogP contribution in [0.1, 0.15) is 25.3 Å². The average molecular weight is 492 g/mol. The molecular weight excluding hydrogens is 462 g/mol. The molecule has 0 fully saturated rings. The van der Waals surface area contributed by atoms with E-state index in [4.69, 9.17) is 9.40 Å². The zero-order valence-electron chi connectivity index (χ0n) is 21.5. The summed E-state index contributed by atoms with van der Waals surface area (Å²) in [6.45, 7) is 6.51. The highest BCUT2D eigenvalue weighted by atomic mass is 16.3. The fraction of sp³-hybridized carbons (Fsp3) is 0.0833. The van der Waals surface area contributed by atoms with Gasteiger partial charge in [-0.25, -0.2) is 4.98 Å². The van der Waals surface area contributed by atoms with Crippen molar-refractivity contribution in [3.63, 3.8) is 0 Å².